The fourth-order valence-electron chi connectivity index (χ4n) is 3.29. The first-order valence-electron chi connectivity index (χ1n) is 7.84. The zero-order chi connectivity index (χ0) is 17.6. The predicted molar refractivity (Wildman–Crippen MR) is 94.2 cm³/mol. The van der Waals surface area contributed by atoms with Gasteiger partial charge in [-0.15, -0.1) is 0 Å². The topological polar surface area (TPSA) is 45.3 Å². The molecule has 0 saturated heterocycles. The number of hydrogen-bond acceptors (Lipinski definition) is 2. The van der Waals surface area contributed by atoms with E-state index < -0.39 is 5.82 Å². The Morgan fingerprint density at radius 1 is 1.08 bits per heavy atom. The highest BCUT2D eigenvalue weighted by atomic mass is 19.1. The molecule has 0 radical (unpaired) electrons. The molecule has 3 nitrogen and oxygen atoms in total. The summed E-state index contributed by atoms with van der Waals surface area (Å²) in [7, 11) is 0. The average Bonchev–Trinajstić information content (AvgIpc) is 2.93. The van der Waals surface area contributed by atoms with Gasteiger partial charge in [-0.3, -0.25) is 4.79 Å². The zero-order valence-electron chi connectivity index (χ0n) is 13.5. The second-order valence-electron chi connectivity index (χ2n) is 5.92. The van der Waals surface area contributed by atoms with Crippen molar-refractivity contribution in [1.29, 1.82) is 5.26 Å². The highest BCUT2D eigenvalue weighted by Crippen LogP contribution is 2.30. The Morgan fingerprint density at radius 3 is 2.52 bits per heavy atom. The molecule has 2 aromatic carbocycles. The van der Waals surface area contributed by atoms with E-state index >= 15 is 0 Å². The van der Waals surface area contributed by atoms with Gasteiger partial charge in [0.05, 0.1) is 16.8 Å². The summed E-state index contributed by atoms with van der Waals surface area (Å²) < 4.78 is 14.9. The Hall–Kier alpha value is -3.45. The summed E-state index contributed by atoms with van der Waals surface area (Å²) in [5, 5.41) is 11.6. The van der Waals surface area contributed by atoms with Crippen LogP contribution in [0.1, 0.15) is 27.2 Å². The minimum Gasteiger partial charge on any atom is -0.311 e. The van der Waals surface area contributed by atoms with E-state index in [9.17, 15) is 14.4 Å². The van der Waals surface area contributed by atoms with Gasteiger partial charge in [-0.2, -0.15) is 5.26 Å². The number of aromatic nitrogens is 1. The number of carbonyl (C=O) groups excluding carboxylic acids is 1. The van der Waals surface area contributed by atoms with Crippen LogP contribution < -0.4 is 0 Å². The lowest BCUT2D eigenvalue weighted by Crippen LogP contribution is -2.07. The molecular weight excluding hydrogens is 315 g/mol. The molecule has 0 amide bonds. The summed E-state index contributed by atoms with van der Waals surface area (Å²) in [6.07, 6.45) is 1.81. The molecule has 0 fully saturated rings. The third kappa shape index (κ3) is 2.21. The van der Waals surface area contributed by atoms with Gasteiger partial charge in [0.25, 0.3) is 0 Å². The quantitative estimate of drug-likeness (QED) is 0.503. The van der Waals surface area contributed by atoms with Crippen molar-refractivity contribution < 1.29 is 9.18 Å². The van der Waals surface area contributed by atoms with Crippen LogP contribution in [0, 0.1) is 24.1 Å². The fraction of sp³-hybridized carbons (Fsp3) is 0.0476. The molecule has 120 valence electrons. The highest BCUT2D eigenvalue weighted by molar-refractivity contribution is 6.12. The third-order valence-electron chi connectivity index (χ3n) is 4.50. The van der Waals surface area contributed by atoms with Crippen molar-refractivity contribution in [3.63, 3.8) is 0 Å². The van der Waals surface area contributed by atoms with Gasteiger partial charge >= 0.3 is 0 Å². The summed E-state index contributed by atoms with van der Waals surface area (Å²) >= 11 is 0. The molecule has 0 spiro atoms. The van der Waals surface area contributed by atoms with Crippen molar-refractivity contribution in [3.8, 4) is 6.07 Å². The summed E-state index contributed by atoms with van der Waals surface area (Å²) in [5.74, 6) is -0.624. The summed E-state index contributed by atoms with van der Waals surface area (Å²) in [6.45, 7) is 1.77. The van der Waals surface area contributed by atoms with Crippen LogP contribution in [-0.4, -0.2) is 10.2 Å². The second-order valence-corrected chi connectivity index (χ2v) is 5.92. The number of halogens is 1. The Kier molecular flexibility index (Phi) is 3.36. The van der Waals surface area contributed by atoms with E-state index in [2.05, 4.69) is 6.07 Å². The van der Waals surface area contributed by atoms with Crippen molar-refractivity contribution in [2.75, 3.05) is 0 Å². The van der Waals surface area contributed by atoms with Gasteiger partial charge in [-0.1, -0.05) is 24.3 Å². The lowest BCUT2D eigenvalue weighted by molar-refractivity contribution is 0.103. The molecule has 25 heavy (non-hydrogen) atoms. The summed E-state index contributed by atoms with van der Waals surface area (Å²) in [5.41, 5.74) is 2.67. The Balaban J connectivity index is 2.06. The van der Waals surface area contributed by atoms with Crippen LogP contribution >= 0.6 is 0 Å². The van der Waals surface area contributed by atoms with Gasteiger partial charge in [0, 0.05) is 17.1 Å². The maximum atomic E-state index is 13.2. The van der Waals surface area contributed by atoms with Gasteiger partial charge in [-0.05, 0) is 48.2 Å². The minimum atomic E-state index is -0.392. The fourth-order valence-corrected chi connectivity index (χ4v) is 3.29. The van der Waals surface area contributed by atoms with Crippen LogP contribution in [0.3, 0.4) is 0 Å². The second kappa shape index (κ2) is 5.57. The van der Waals surface area contributed by atoms with Gasteiger partial charge in [0.1, 0.15) is 11.9 Å². The lowest BCUT2D eigenvalue weighted by atomic mass is 10.0. The number of pyridine rings is 1. The predicted octanol–water partition coefficient (Wildman–Crippen LogP) is 4.64. The van der Waals surface area contributed by atoms with Gasteiger partial charge in [0.2, 0.25) is 5.78 Å². The first-order valence-corrected chi connectivity index (χ1v) is 7.84. The van der Waals surface area contributed by atoms with E-state index in [1.165, 1.54) is 24.3 Å². The van der Waals surface area contributed by atoms with Crippen LogP contribution in [0.25, 0.3) is 16.3 Å². The maximum Gasteiger partial charge on any atom is 0.210 e. The molecule has 2 heterocycles. The SMILES string of the molecule is Cc1c(C#N)c2c3ccccc3ccn2c1C(=O)c1ccc(F)cc1. The number of rotatable bonds is 2. The van der Waals surface area contributed by atoms with Crippen LogP contribution in [0.4, 0.5) is 4.39 Å². The van der Waals surface area contributed by atoms with E-state index in [4.69, 9.17) is 0 Å². The number of nitrogens with zero attached hydrogens (tertiary/aromatic N) is 2. The molecule has 0 unspecified atom stereocenters. The molecule has 0 atom stereocenters. The number of nitriles is 1. The number of benzene rings is 2. The molecule has 0 bridgehead atoms. The van der Waals surface area contributed by atoms with E-state index in [1.54, 1.807) is 11.3 Å². The van der Waals surface area contributed by atoms with E-state index in [-0.39, 0.29) is 5.78 Å². The molecule has 0 aliphatic carbocycles. The van der Waals surface area contributed by atoms with Gasteiger partial charge in [0.15, 0.2) is 0 Å². The number of fused-ring (bicyclic) bond motifs is 3. The molecular formula is C21H13FN2O. The minimum absolute atomic E-state index is 0.232. The van der Waals surface area contributed by atoms with Crippen molar-refractivity contribution >= 4 is 22.1 Å². The van der Waals surface area contributed by atoms with Gasteiger partial charge < -0.3 is 4.40 Å². The van der Waals surface area contributed by atoms with E-state index in [1.807, 2.05) is 36.5 Å². The first kappa shape index (κ1) is 15.1. The maximum absolute atomic E-state index is 13.2. The molecule has 0 saturated carbocycles. The summed E-state index contributed by atoms with van der Waals surface area (Å²) in [6, 6.07) is 17.4. The molecule has 0 aliphatic rings. The Morgan fingerprint density at radius 2 is 1.80 bits per heavy atom. The third-order valence-corrected chi connectivity index (χ3v) is 4.50. The molecule has 0 N–H and O–H groups in total. The Labute approximate surface area is 143 Å². The molecule has 4 rings (SSSR count). The van der Waals surface area contributed by atoms with Gasteiger partial charge in [-0.25, -0.2) is 4.39 Å². The monoisotopic (exact) mass is 328 g/mol. The molecule has 4 heteroatoms. The molecule has 0 aliphatic heterocycles. The largest absolute Gasteiger partial charge is 0.311 e. The zero-order valence-corrected chi connectivity index (χ0v) is 13.5. The highest BCUT2D eigenvalue weighted by Gasteiger charge is 2.22. The number of hydrogen-bond donors (Lipinski definition) is 0. The van der Waals surface area contributed by atoms with Crippen molar-refractivity contribution in [1.82, 2.24) is 4.40 Å². The summed E-state index contributed by atoms with van der Waals surface area (Å²) in [4.78, 5) is 13.0. The van der Waals surface area contributed by atoms with E-state index in [0.29, 0.717) is 22.4 Å². The number of carbonyl (C=O) groups is 1. The van der Waals surface area contributed by atoms with E-state index in [0.717, 1.165) is 16.3 Å². The standard InChI is InChI=1S/C21H13FN2O/c1-13-18(12-23)20-17-5-3-2-4-14(17)10-11-24(20)19(13)21(25)15-6-8-16(22)9-7-15/h2-11H,1H3. The lowest BCUT2D eigenvalue weighted by Gasteiger charge is -2.06. The Bertz CT molecular complexity index is 1180. The van der Waals surface area contributed by atoms with Crippen LogP contribution in [0.15, 0.2) is 60.8 Å². The molecule has 4 aromatic rings. The first-order chi connectivity index (χ1) is 12.1. The smallest absolute Gasteiger partial charge is 0.210 e. The average molecular weight is 328 g/mol. The van der Waals surface area contributed by atoms with Crippen LogP contribution in [-0.2, 0) is 0 Å². The number of ketones is 1. The van der Waals surface area contributed by atoms with Crippen LogP contribution in [0.2, 0.25) is 0 Å². The van der Waals surface area contributed by atoms with Crippen molar-refractivity contribution in [3.05, 3.63) is 89.0 Å². The van der Waals surface area contributed by atoms with Crippen molar-refractivity contribution in [2.24, 2.45) is 0 Å². The molecule has 2 aromatic heterocycles. The normalized spacial score (nSPS) is 10.9. The van der Waals surface area contributed by atoms with Crippen LogP contribution in [0.5, 0.6) is 0 Å². The van der Waals surface area contributed by atoms with Crippen molar-refractivity contribution in [2.45, 2.75) is 6.92 Å².